The first-order valence-corrected chi connectivity index (χ1v) is 11.7. The predicted octanol–water partition coefficient (Wildman–Crippen LogP) is 7.71. The average molecular weight is 493 g/mol. The Kier molecular flexibility index (Phi) is 7.74. The molecule has 0 heterocycles. The van der Waals surface area contributed by atoms with Gasteiger partial charge in [0.2, 0.25) is 0 Å². The van der Waals surface area contributed by atoms with Crippen LogP contribution in [0.4, 0.5) is 0 Å². The maximum Gasteiger partial charge on any atom is 0.335 e. The van der Waals surface area contributed by atoms with Gasteiger partial charge in [-0.3, -0.25) is 0 Å². The molecule has 0 unspecified atom stereocenters. The minimum Gasteiger partial charge on any atom is -0.497 e. The third-order valence-corrected chi connectivity index (χ3v) is 5.76. The molecule has 0 aromatic heterocycles. The summed E-state index contributed by atoms with van der Waals surface area (Å²) in [5.74, 6) is 2.75. The molecular formula is C32H28O5. The standard InChI is InChI=1S/C32H28O5/c1-6-32(33)37-27-17-11-23(12-18-27)22-7-9-24(10-8-22)29-19-30(35-5)28(20-31(29)36-21(2)3)25-13-15-26(34-4)16-14-25/h6-20H,1-2H2,3-5H3. The Hall–Kier alpha value is -4.77. The molecule has 0 radical (unpaired) electrons. The lowest BCUT2D eigenvalue weighted by Gasteiger charge is -2.17. The van der Waals surface area contributed by atoms with Crippen LogP contribution in [0.15, 0.2) is 110 Å². The summed E-state index contributed by atoms with van der Waals surface area (Å²) in [7, 11) is 3.30. The summed E-state index contributed by atoms with van der Waals surface area (Å²) < 4.78 is 22.3. The van der Waals surface area contributed by atoms with E-state index in [1.165, 1.54) is 0 Å². The van der Waals surface area contributed by atoms with Crippen LogP contribution in [-0.4, -0.2) is 20.2 Å². The fraction of sp³-hybridized carbons (Fsp3) is 0.0938. The summed E-state index contributed by atoms with van der Waals surface area (Å²) in [6, 6.07) is 27.2. The number of ether oxygens (including phenoxy) is 4. The van der Waals surface area contributed by atoms with Crippen LogP contribution in [0.3, 0.4) is 0 Å². The maximum atomic E-state index is 11.4. The lowest BCUT2D eigenvalue weighted by Crippen LogP contribution is -2.02. The van der Waals surface area contributed by atoms with Gasteiger partial charge in [-0.15, -0.1) is 0 Å². The number of hydrogen-bond acceptors (Lipinski definition) is 5. The Balaban J connectivity index is 1.69. The molecule has 0 atom stereocenters. The zero-order valence-electron chi connectivity index (χ0n) is 21.1. The third kappa shape index (κ3) is 5.90. The quantitative estimate of drug-likeness (QED) is 0.104. The number of rotatable bonds is 9. The van der Waals surface area contributed by atoms with Crippen molar-refractivity contribution < 1.29 is 23.7 Å². The Morgan fingerprint density at radius 3 is 1.62 bits per heavy atom. The van der Waals surface area contributed by atoms with E-state index in [1.54, 1.807) is 26.4 Å². The van der Waals surface area contributed by atoms with Crippen molar-refractivity contribution in [3.63, 3.8) is 0 Å². The molecule has 0 aliphatic rings. The molecule has 5 heteroatoms. The number of carbonyl (C=O) groups is 1. The van der Waals surface area contributed by atoms with Crippen molar-refractivity contribution in [3.05, 3.63) is 110 Å². The van der Waals surface area contributed by atoms with E-state index in [0.717, 1.165) is 51.0 Å². The third-order valence-electron chi connectivity index (χ3n) is 5.76. The summed E-state index contributed by atoms with van der Waals surface area (Å²) in [5.41, 5.74) is 5.75. The monoisotopic (exact) mass is 492 g/mol. The van der Waals surface area contributed by atoms with E-state index in [-0.39, 0.29) is 0 Å². The lowest BCUT2D eigenvalue weighted by molar-refractivity contribution is -0.128. The van der Waals surface area contributed by atoms with Crippen LogP contribution in [0.25, 0.3) is 33.4 Å². The number of allylic oxidation sites excluding steroid dienone is 1. The Bertz CT molecular complexity index is 1420. The average Bonchev–Trinajstić information content (AvgIpc) is 2.93. The molecule has 0 aliphatic heterocycles. The molecule has 4 aromatic carbocycles. The van der Waals surface area contributed by atoms with Crippen LogP contribution in [0, 0.1) is 0 Å². The van der Waals surface area contributed by atoms with Crippen LogP contribution < -0.4 is 18.9 Å². The predicted molar refractivity (Wildman–Crippen MR) is 147 cm³/mol. The summed E-state index contributed by atoms with van der Waals surface area (Å²) in [6.45, 7) is 9.16. The highest BCUT2D eigenvalue weighted by Gasteiger charge is 2.16. The van der Waals surface area contributed by atoms with Gasteiger partial charge in [0.05, 0.1) is 20.0 Å². The van der Waals surface area contributed by atoms with E-state index in [0.29, 0.717) is 17.3 Å². The molecule has 0 amide bonds. The minimum absolute atomic E-state index is 0.468. The zero-order chi connectivity index (χ0) is 26.4. The second-order valence-corrected chi connectivity index (χ2v) is 8.31. The smallest absolute Gasteiger partial charge is 0.335 e. The molecule has 0 N–H and O–H groups in total. The van der Waals surface area contributed by atoms with E-state index in [1.807, 2.05) is 79.7 Å². The van der Waals surface area contributed by atoms with Gasteiger partial charge in [-0.25, -0.2) is 4.79 Å². The molecule has 186 valence electrons. The molecule has 0 saturated heterocycles. The SMILES string of the molecule is C=CC(=O)Oc1ccc(-c2ccc(-c3cc(OC)c(-c4ccc(OC)cc4)cc3OC(=C)C)cc2)cc1. The van der Waals surface area contributed by atoms with Crippen LogP contribution in [-0.2, 0) is 4.79 Å². The Morgan fingerprint density at radius 1 is 0.649 bits per heavy atom. The van der Waals surface area contributed by atoms with Gasteiger partial charge in [-0.2, -0.15) is 0 Å². The van der Waals surface area contributed by atoms with Crippen molar-refractivity contribution in [1.82, 2.24) is 0 Å². The first-order valence-electron chi connectivity index (χ1n) is 11.7. The Morgan fingerprint density at radius 2 is 1.11 bits per heavy atom. The number of hydrogen-bond donors (Lipinski definition) is 0. The van der Waals surface area contributed by atoms with E-state index in [2.05, 4.69) is 13.2 Å². The number of esters is 1. The minimum atomic E-state index is -0.488. The first-order chi connectivity index (χ1) is 17.9. The first kappa shape index (κ1) is 25.3. The van der Waals surface area contributed by atoms with Gasteiger partial charge in [0.15, 0.2) is 0 Å². The second-order valence-electron chi connectivity index (χ2n) is 8.31. The molecule has 37 heavy (non-hydrogen) atoms. The highest BCUT2D eigenvalue weighted by Crippen LogP contribution is 2.42. The summed E-state index contributed by atoms with van der Waals surface area (Å²) in [6.07, 6.45) is 1.14. The number of benzene rings is 4. The largest absolute Gasteiger partial charge is 0.497 e. The molecule has 4 rings (SSSR count). The van der Waals surface area contributed by atoms with Crippen molar-refractivity contribution in [2.45, 2.75) is 6.92 Å². The number of carbonyl (C=O) groups excluding carboxylic acids is 1. The van der Waals surface area contributed by atoms with E-state index < -0.39 is 5.97 Å². The zero-order valence-corrected chi connectivity index (χ0v) is 21.1. The summed E-state index contributed by atoms with van der Waals surface area (Å²) in [4.78, 5) is 11.4. The van der Waals surface area contributed by atoms with Gasteiger partial charge >= 0.3 is 5.97 Å². The lowest BCUT2D eigenvalue weighted by atomic mass is 9.96. The van der Waals surface area contributed by atoms with Gasteiger partial charge in [0.25, 0.3) is 0 Å². The van der Waals surface area contributed by atoms with Gasteiger partial charge in [0.1, 0.15) is 23.0 Å². The van der Waals surface area contributed by atoms with Crippen molar-refractivity contribution >= 4 is 5.97 Å². The van der Waals surface area contributed by atoms with Crippen LogP contribution in [0.1, 0.15) is 6.92 Å². The van der Waals surface area contributed by atoms with E-state index in [9.17, 15) is 4.79 Å². The molecule has 0 fully saturated rings. The van der Waals surface area contributed by atoms with E-state index >= 15 is 0 Å². The summed E-state index contributed by atoms with van der Waals surface area (Å²) >= 11 is 0. The van der Waals surface area contributed by atoms with Crippen molar-refractivity contribution in [2.75, 3.05) is 14.2 Å². The summed E-state index contributed by atoms with van der Waals surface area (Å²) in [5, 5.41) is 0. The van der Waals surface area contributed by atoms with Crippen molar-refractivity contribution in [3.8, 4) is 56.4 Å². The fourth-order valence-electron chi connectivity index (χ4n) is 3.94. The fourth-order valence-corrected chi connectivity index (χ4v) is 3.94. The van der Waals surface area contributed by atoms with Gasteiger partial charge in [-0.05, 0) is 65.6 Å². The molecule has 0 spiro atoms. The van der Waals surface area contributed by atoms with Gasteiger partial charge < -0.3 is 18.9 Å². The topological polar surface area (TPSA) is 54.0 Å². The van der Waals surface area contributed by atoms with Crippen molar-refractivity contribution in [1.29, 1.82) is 0 Å². The molecular weight excluding hydrogens is 464 g/mol. The number of methoxy groups -OCH3 is 2. The molecule has 4 aromatic rings. The van der Waals surface area contributed by atoms with Crippen LogP contribution in [0.5, 0.6) is 23.0 Å². The second kappa shape index (κ2) is 11.3. The normalized spacial score (nSPS) is 10.4. The van der Waals surface area contributed by atoms with Crippen LogP contribution in [0.2, 0.25) is 0 Å². The molecule has 0 aliphatic carbocycles. The van der Waals surface area contributed by atoms with Gasteiger partial charge in [0, 0.05) is 17.2 Å². The van der Waals surface area contributed by atoms with Crippen LogP contribution >= 0.6 is 0 Å². The molecule has 5 nitrogen and oxygen atoms in total. The van der Waals surface area contributed by atoms with Crippen molar-refractivity contribution in [2.24, 2.45) is 0 Å². The molecule has 0 saturated carbocycles. The highest BCUT2D eigenvalue weighted by atomic mass is 16.5. The van der Waals surface area contributed by atoms with Gasteiger partial charge in [-0.1, -0.05) is 61.7 Å². The maximum absolute atomic E-state index is 11.4. The Labute approximate surface area is 217 Å². The highest BCUT2D eigenvalue weighted by molar-refractivity contribution is 5.84. The molecule has 0 bridgehead atoms. The van der Waals surface area contributed by atoms with E-state index in [4.69, 9.17) is 18.9 Å².